The van der Waals surface area contributed by atoms with Crippen molar-refractivity contribution in [1.82, 2.24) is 9.55 Å². The van der Waals surface area contributed by atoms with Gasteiger partial charge in [-0.05, 0) is 31.2 Å². The van der Waals surface area contributed by atoms with Crippen molar-refractivity contribution >= 4 is 46.0 Å². The summed E-state index contributed by atoms with van der Waals surface area (Å²) in [4.78, 5) is 4.74. The van der Waals surface area contributed by atoms with E-state index in [2.05, 4.69) is 24.7 Å². The minimum absolute atomic E-state index is 0.216. The number of aryl methyl sites for hydroxylation is 1. The number of para-hydroxylation sites is 1. The lowest BCUT2D eigenvalue weighted by Gasteiger charge is -2.31. The van der Waals surface area contributed by atoms with Crippen molar-refractivity contribution in [3.8, 4) is 0 Å². The van der Waals surface area contributed by atoms with Crippen LogP contribution in [0.15, 0.2) is 18.2 Å². The number of benzene rings is 1. The molecule has 2 rings (SSSR count). The maximum atomic E-state index is 6.43. The Morgan fingerprint density at radius 3 is 2.57 bits per heavy atom. The van der Waals surface area contributed by atoms with Crippen molar-refractivity contribution in [2.24, 2.45) is 0 Å². The number of nitrogens with zero attached hydrogens (tertiary/aromatic N) is 2. The molecule has 0 saturated carbocycles. The molecule has 116 valence electrons. The van der Waals surface area contributed by atoms with Gasteiger partial charge >= 0.3 is 0 Å². The van der Waals surface area contributed by atoms with Crippen LogP contribution in [0, 0.1) is 0 Å². The minimum atomic E-state index is 0.216. The van der Waals surface area contributed by atoms with Crippen LogP contribution in [-0.2, 0) is 13.0 Å². The van der Waals surface area contributed by atoms with Gasteiger partial charge in [0.25, 0.3) is 0 Å². The van der Waals surface area contributed by atoms with Crippen LogP contribution in [-0.4, -0.2) is 26.4 Å². The fraction of sp³-hybridized carbons (Fsp3) is 0.562. The molecule has 0 amide bonds. The van der Waals surface area contributed by atoms with Crippen molar-refractivity contribution in [3.63, 3.8) is 0 Å². The molecule has 0 saturated heterocycles. The molecule has 0 N–H and O–H groups in total. The summed E-state index contributed by atoms with van der Waals surface area (Å²) >= 11 is 14.3. The van der Waals surface area contributed by atoms with Crippen molar-refractivity contribution in [1.29, 1.82) is 0 Å². The van der Waals surface area contributed by atoms with Crippen molar-refractivity contribution in [3.05, 3.63) is 29.0 Å². The maximum absolute atomic E-state index is 6.43. The molecule has 5 heteroatoms. The molecule has 0 radical (unpaired) electrons. The minimum Gasteiger partial charge on any atom is -0.325 e. The van der Waals surface area contributed by atoms with Crippen molar-refractivity contribution in [2.45, 2.75) is 44.4 Å². The molecule has 1 heterocycles. The smallest absolute Gasteiger partial charge is 0.111 e. The average molecular weight is 345 g/mol. The zero-order valence-electron chi connectivity index (χ0n) is 12.8. The van der Waals surface area contributed by atoms with Crippen LogP contribution in [0.25, 0.3) is 11.0 Å². The number of thioether (sulfide) groups is 1. The van der Waals surface area contributed by atoms with Crippen LogP contribution < -0.4 is 0 Å². The lowest BCUT2D eigenvalue weighted by atomic mass is 10.0. The molecule has 0 unspecified atom stereocenters. The second-order valence-corrected chi connectivity index (χ2v) is 7.31. The highest BCUT2D eigenvalue weighted by Crippen LogP contribution is 2.35. The van der Waals surface area contributed by atoms with Crippen molar-refractivity contribution in [2.75, 3.05) is 12.1 Å². The zero-order valence-corrected chi connectivity index (χ0v) is 15.2. The molecule has 0 fully saturated rings. The maximum Gasteiger partial charge on any atom is 0.111 e. The first-order chi connectivity index (χ1) is 10.1. The number of halogens is 2. The Kier molecular flexibility index (Phi) is 5.87. The Bertz CT molecular complexity index is 597. The summed E-state index contributed by atoms with van der Waals surface area (Å²) < 4.78 is 2.50. The average Bonchev–Trinajstić information content (AvgIpc) is 2.84. The summed E-state index contributed by atoms with van der Waals surface area (Å²) in [6.07, 6.45) is 5.20. The molecule has 21 heavy (non-hydrogen) atoms. The van der Waals surface area contributed by atoms with E-state index in [9.17, 15) is 0 Å². The molecule has 1 aromatic carbocycles. The van der Waals surface area contributed by atoms with E-state index in [1.807, 2.05) is 30.0 Å². The third-order valence-electron chi connectivity index (χ3n) is 4.28. The number of alkyl halides is 1. The Hall–Kier alpha value is -0.380. The Morgan fingerprint density at radius 1 is 1.29 bits per heavy atom. The predicted molar refractivity (Wildman–Crippen MR) is 96.0 cm³/mol. The molecular weight excluding hydrogens is 323 g/mol. The number of aromatic nitrogens is 2. The number of imidazole rings is 1. The van der Waals surface area contributed by atoms with E-state index >= 15 is 0 Å². The summed E-state index contributed by atoms with van der Waals surface area (Å²) in [7, 11) is 0. The largest absolute Gasteiger partial charge is 0.325 e. The van der Waals surface area contributed by atoms with Crippen molar-refractivity contribution < 1.29 is 0 Å². The standard InChI is InChI=1S/C16H22Cl2N2S/c1-4-16(5-2,21-3)11-20-14(9-10-17)19-13-8-6-7-12(18)15(13)20/h6-8H,4-5,9-11H2,1-3H3. The van der Waals surface area contributed by atoms with Gasteiger partial charge < -0.3 is 4.57 Å². The summed E-state index contributed by atoms with van der Waals surface area (Å²) in [5, 5.41) is 0.767. The topological polar surface area (TPSA) is 17.8 Å². The van der Waals surface area contributed by atoms with E-state index in [-0.39, 0.29) is 4.75 Å². The third-order valence-corrected chi connectivity index (χ3v) is 6.35. The van der Waals surface area contributed by atoms with Crippen LogP contribution in [0.5, 0.6) is 0 Å². The molecule has 0 aliphatic rings. The van der Waals surface area contributed by atoms with Crippen LogP contribution in [0.3, 0.4) is 0 Å². The van der Waals surface area contributed by atoms with Gasteiger partial charge in [0.1, 0.15) is 5.82 Å². The fourth-order valence-corrected chi connectivity index (χ4v) is 4.03. The quantitative estimate of drug-likeness (QED) is 0.626. The normalized spacial score (nSPS) is 12.2. The number of hydrogen-bond donors (Lipinski definition) is 0. The van der Waals surface area contributed by atoms with Gasteiger partial charge in [-0.15, -0.1) is 11.6 Å². The second-order valence-electron chi connectivity index (χ2n) is 5.25. The van der Waals surface area contributed by atoms with Gasteiger partial charge in [-0.1, -0.05) is 31.5 Å². The van der Waals surface area contributed by atoms with Crippen LogP contribution in [0.4, 0.5) is 0 Å². The first-order valence-corrected chi connectivity index (χ1v) is 9.49. The summed E-state index contributed by atoms with van der Waals surface area (Å²) in [6.45, 7) is 5.43. The highest BCUT2D eigenvalue weighted by Gasteiger charge is 2.28. The highest BCUT2D eigenvalue weighted by atomic mass is 35.5. The summed E-state index contributed by atoms with van der Waals surface area (Å²) in [6, 6.07) is 5.91. The van der Waals surface area contributed by atoms with Gasteiger partial charge in [-0.25, -0.2) is 4.98 Å². The van der Waals surface area contributed by atoms with E-state index in [0.29, 0.717) is 5.88 Å². The monoisotopic (exact) mass is 344 g/mol. The van der Waals surface area contributed by atoms with Crippen LogP contribution in [0.1, 0.15) is 32.5 Å². The van der Waals surface area contributed by atoms with E-state index in [4.69, 9.17) is 28.2 Å². The first kappa shape index (κ1) is 17.0. The van der Waals surface area contributed by atoms with E-state index in [1.54, 1.807) is 0 Å². The van der Waals surface area contributed by atoms with Gasteiger partial charge in [0.2, 0.25) is 0 Å². The summed E-state index contributed by atoms with van der Waals surface area (Å²) in [5.41, 5.74) is 2.00. The molecule has 1 aromatic heterocycles. The van der Waals surface area contributed by atoms with Gasteiger partial charge in [-0.3, -0.25) is 0 Å². The first-order valence-electron chi connectivity index (χ1n) is 7.35. The second kappa shape index (κ2) is 7.26. The van der Waals surface area contributed by atoms with E-state index < -0.39 is 0 Å². The lowest BCUT2D eigenvalue weighted by molar-refractivity contribution is 0.464. The third kappa shape index (κ3) is 3.35. The zero-order chi connectivity index (χ0) is 15.5. The molecule has 2 nitrogen and oxygen atoms in total. The molecular formula is C16H22Cl2N2S. The Morgan fingerprint density at radius 2 is 2.00 bits per heavy atom. The Balaban J connectivity index is 2.57. The van der Waals surface area contributed by atoms with Gasteiger partial charge in [0, 0.05) is 23.6 Å². The molecule has 0 spiro atoms. The Labute approximate surface area is 141 Å². The summed E-state index contributed by atoms with van der Waals surface area (Å²) in [5.74, 6) is 1.61. The van der Waals surface area contributed by atoms with Crippen LogP contribution in [0.2, 0.25) is 5.02 Å². The molecule has 0 aliphatic heterocycles. The molecule has 2 aromatic rings. The van der Waals surface area contributed by atoms with E-state index in [0.717, 1.165) is 47.7 Å². The molecule has 0 aliphatic carbocycles. The molecule has 0 atom stereocenters. The SMILES string of the molecule is CCC(CC)(Cn1c(CCCl)nc2cccc(Cl)c21)SC. The number of hydrogen-bond acceptors (Lipinski definition) is 2. The predicted octanol–water partition coefficient (Wildman–Crippen LogP) is 5.39. The van der Waals surface area contributed by atoms with Gasteiger partial charge in [0.05, 0.1) is 16.1 Å². The number of rotatable bonds is 7. The van der Waals surface area contributed by atoms with E-state index in [1.165, 1.54) is 0 Å². The highest BCUT2D eigenvalue weighted by molar-refractivity contribution is 8.00. The fourth-order valence-electron chi connectivity index (χ4n) is 2.75. The van der Waals surface area contributed by atoms with Gasteiger partial charge in [-0.2, -0.15) is 11.8 Å². The molecule has 0 bridgehead atoms. The lowest BCUT2D eigenvalue weighted by Crippen LogP contribution is -2.30. The van der Waals surface area contributed by atoms with Crippen LogP contribution >= 0.6 is 35.0 Å². The van der Waals surface area contributed by atoms with Gasteiger partial charge in [0.15, 0.2) is 0 Å². The number of fused-ring (bicyclic) bond motifs is 1.